The summed E-state index contributed by atoms with van der Waals surface area (Å²) in [6.45, 7) is 7.76. The molecular weight excluding hydrogens is 386 g/mol. The van der Waals surface area contributed by atoms with Gasteiger partial charge in [0.05, 0.1) is 5.69 Å². The van der Waals surface area contributed by atoms with E-state index in [9.17, 15) is 9.59 Å². The average Bonchev–Trinajstić information content (AvgIpc) is 2.78. The minimum absolute atomic E-state index is 0.00684. The molecule has 0 saturated heterocycles. The third kappa shape index (κ3) is 5.43. The number of hydrogen-bond acceptors (Lipinski definition) is 4. The normalized spacial score (nSPS) is 11.9. The fourth-order valence-electron chi connectivity index (χ4n) is 3.46. The number of rotatable bonds is 7. The third-order valence-corrected chi connectivity index (χ3v) is 5.42. The molecular formula is C26H29N3O2. The maximum Gasteiger partial charge on any atom is 0.229 e. The maximum atomic E-state index is 13.2. The second kappa shape index (κ2) is 9.65. The van der Waals surface area contributed by atoms with Crippen molar-refractivity contribution in [1.29, 1.82) is 0 Å². The molecule has 2 aromatic carbocycles. The smallest absolute Gasteiger partial charge is 0.229 e. The van der Waals surface area contributed by atoms with Gasteiger partial charge in [-0.05, 0) is 36.2 Å². The van der Waals surface area contributed by atoms with E-state index in [-0.39, 0.29) is 23.5 Å². The zero-order valence-corrected chi connectivity index (χ0v) is 18.8. The van der Waals surface area contributed by atoms with Crippen LogP contribution in [0.5, 0.6) is 0 Å². The van der Waals surface area contributed by atoms with Gasteiger partial charge in [0, 0.05) is 55.1 Å². The van der Waals surface area contributed by atoms with Gasteiger partial charge >= 0.3 is 0 Å². The highest BCUT2D eigenvalue weighted by atomic mass is 16.2. The first-order valence-electron chi connectivity index (χ1n) is 10.5. The minimum atomic E-state index is -0.135. The monoisotopic (exact) mass is 415 g/mol. The number of ketones is 1. The molecule has 0 aliphatic heterocycles. The van der Waals surface area contributed by atoms with Crippen molar-refractivity contribution in [2.24, 2.45) is 5.92 Å². The molecule has 0 spiro atoms. The van der Waals surface area contributed by atoms with Gasteiger partial charge in [0.15, 0.2) is 5.78 Å². The highest BCUT2D eigenvalue weighted by Gasteiger charge is 2.20. The zero-order valence-electron chi connectivity index (χ0n) is 18.8. The molecule has 0 fully saturated rings. The fourth-order valence-corrected chi connectivity index (χ4v) is 3.46. The number of carbonyl (C=O) groups excluding carboxylic acids is 2. The van der Waals surface area contributed by atoms with Crippen LogP contribution in [0.3, 0.4) is 0 Å². The van der Waals surface area contributed by atoms with Crippen molar-refractivity contribution < 1.29 is 9.59 Å². The Morgan fingerprint density at radius 3 is 2.29 bits per heavy atom. The third-order valence-electron chi connectivity index (χ3n) is 5.42. The van der Waals surface area contributed by atoms with Gasteiger partial charge in [-0.3, -0.25) is 19.6 Å². The van der Waals surface area contributed by atoms with Crippen LogP contribution in [0.15, 0.2) is 61.1 Å². The van der Waals surface area contributed by atoms with E-state index in [4.69, 9.17) is 0 Å². The number of hydrogen-bond donors (Lipinski definition) is 0. The molecule has 0 saturated carbocycles. The number of aromatic nitrogens is 2. The van der Waals surface area contributed by atoms with Crippen LogP contribution in [-0.2, 0) is 4.79 Å². The van der Waals surface area contributed by atoms with Crippen molar-refractivity contribution in [3.8, 4) is 11.1 Å². The van der Waals surface area contributed by atoms with E-state index in [1.807, 2.05) is 70.2 Å². The molecule has 5 heteroatoms. The molecule has 5 nitrogen and oxygen atoms in total. The number of anilines is 1. The SMILES string of the molecule is Cc1ccc(-c2cc(C(=O)CC(C)c3cnccn3)cc(N(C)C(=O)C(C)C)c2)cc1. The topological polar surface area (TPSA) is 63.2 Å². The lowest BCUT2D eigenvalue weighted by atomic mass is 9.94. The summed E-state index contributed by atoms with van der Waals surface area (Å²) >= 11 is 0. The maximum absolute atomic E-state index is 13.2. The van der Waals surface area contributed by atoms with Gasteiger partial charge in [0.2, 0.25) is 5.91 Å². The zero-order chi connectivity index (χ0) is 22.5. The molecule has 31 heavy (non-hydrogen) atoms. The van der Waals surface area contributed by atoms with Crippen molar-refractivity contribution in [2.45, 2.75) is 40.0 Å². The molecule has 0 aliphatic carbocycles. The van der Waals surface area contributed by atoms with Crippen LogP contribution in [0, 0.1) is 12.8 Å². The molecule has 0 N–H and O–H groups in total. The molecule has 160 valence electrons. The first-order chi connectivity index (χ1) is 14.8. The highest BCUT2D eigenvalue weighted by Crippen LogP contribution is 2.29. The van der Waals surface area contributed by atoms with E-state index in [2.05, 4.69) is 9.97 Å². The van der Waals surface area contributed by atoms with Gasteiger partial charge in [-0.2, -0.15) is 0 Å². The Bertz CT molecular complexity index is 1060. The minimum Gasteiger partial charge on any atom is -0.315 e. The Labute approximate surface area is 184 Å². The number of benzene rings is 2. The predicted molar refractivity (Wildman–Crippen MR) is 124 cm³/mol. The summed E-state index contributed by atoms with van der Waals surface area (Å²) < 4.78 is 0. The van der Waals surface area contributed by atoms with Crippen LogP contribution in [0.1, 0.15) is 54.7 Å². The van der Waals surface area contributed by atoms with E-state index in [1.54, 1.807) is 30.5 Å². The molecule has 0 radical (unpaired) electrons. The van der Waals surface area contributed by atoms with Crippen LogP contribution in [-0.4, -0.2) is 28.7 Å². The molecule has 1 amide bonds. The van der Waals surface area contributed by atoms with Crippen LogP contribution in [0.25, 0.3) is 11.1 Å². The van der Waals surface area contributed by atoms with E-state index in [1.165, 1.54) is 5.56 Å². The second-order valence-electron chi connectivity index (χ2n) is 8.35. The van der Waals surface area contributed by atoms with Crippen molar-refractivity contribution in [1.82, 2.24) is 9.97 Å². The fraction of sp³-hybridized carbons (Fsp3) is 0.308. The first kappa shape index (κ1) is 22.3. The van der Waals surface area contributed by atoms with Crippen molar-refractivity contribution in [3.63, 3.8) is 0 Å². The van der Waals surface area contributed by atoms with Crippen molar-refractivity contribution in [3.05, 3.63) is 77.9 Å². The number of amides is 1. The van der Waals surface area contributed by atoms with E-state index < -0.39 is 0 Å². The standard InChI is InChI=1S/C26H29N3O2/c1-17(2)26(31)29(5)23-14-21(20-8-6-18(3)7-9-20)13-22(15-23)25(30)12-19(4)24-16-27-10-11-28-24/h6-11,13-17,19H,12H2,1-5H3. The Balaban J connectivity index is 1.98. The van der Waals surface area contributed by atoms with Crippen molar-refractivity contribution in [2.75, 3.05) is 11.9 Å². The molecule has 1 aromatic heterocycles. The molecule has 0 aliphatic rings. The van der Waals surface area contributed by atoms with Gasteiger partial charge in [-0.25, -0.2) is 0 Å². The summed E-state index contributed by atoms with van der Waals surface area (Å²) in [5.74, 6) is -0.169. The van der Waals surface area contributed by atoms with Crippen molar-refractivity contribution >= 4 is 17.4 Å². The van der Waals surface area contributed by atoms with Crippen LogP contribution >= 0.6 is 0 Å². The highest BCUT2D eigenvalue weighted by molar-refractivity contribution is 6.01. The molecule has 1 unspecified atom stereocenters. The Hall–Kier alpha value is -3.34. The lowest BCUT2D eigenvalue weighted by Gasteiger charge is -2.21. The number of aryl methyl sites for hydroxylation is 1. The van der Waals surface area contributed by atoms with Gasteiger partial charge in [0.1, 0.15) is 0 Å². The predicted octanol–water partition coefficient (Wildman–Crippen LogP) is 5.45. The summed E-state index contributed by atoms with van der Waals surface area (Å²) in [7, 11) is 1.76. The Morgan fingerprint density at radius 1 is 0.968 bits per heavy atom. The number of Topliss-reactive ketones (excluding diaryl/α,β-unsaturated/α-hetero) is 1. The first-order valence-corrected chi connectivity index (χ1v) is 10.5. The summed E-state index contributed by atoms with van der Waals surface area (Å²) in [4.78, 5) is 35.9. The van der Waals surface area contributed by atoms with Crippen LogP contribution in [0.4, 0.5) is 5.69 Å². The summed E-state index contributed by atoms with van der Waals surface area (Å²) in [5, 5.41) is 0. The van der Waals surface area contributed by atoms with Gasteiger partial charge in [-0.15, -0.1) is 0 Å². The van der Waals surface area contributed by atoms with Gasteiger partial charge in [-0.1, -0.05) is 50.6 Å². The van der Waals surface area contributed by atoms with Gasteiger partial charge in [0.25, 0.3) is 0 Å². The Morgan fingerprint density at radius 2 is 1.68 bits per heavy atom. The quantitative estimate of drug-likeness (QED) is 0.482. The van der Waals surface area contributed by atoms with Crippen LogP contribution in [0.2, 0.25) is 0 Å². The summed E-state index contributed by atoms with van der Waals surface area (Å²) in [6, 6.07) is 13.8. The second-order valence-corrected chi connectivity index (χ2v) is 8.35. The lowest BCUT2D eigenvalue weighted by Crippen LogP contribution is -2.30. The largest absolute Gasteiger partial charge is 0.315 e. The average molecular weight is 416 g/mol. The van der Waals surface area contributed by atoms with Gasteiger partial charge < -0.3 is 4.90 Å². The summed E-state index contributed by atoms with van der Waals surface area (Å²) in [6.07, 6.45) is 5.27. The number of carbonyl (C=O) groups is 2. The van der Waals surface area contributed by atoms with E-state index in [0.29, 0.717) is 17.7 Å². The molecule has 3 rings (SSSR count). The molecule has 1 heterocycles. The van der Waals surface area contributed by atoms with E-state index in [0.717, 1.165) is 16.8 Å². The van der Waals surface area contributed by atoms with E-state index >= 15 is 0 Å². The number of nitrogens with zero attached hydrogens (tertiary/aromatic N) is 3. The molecule has 3 aromatic rings. The Kier molecular flexibility index (Phi) is 6.95. The van der Waals surface area contributed by atoms with Crippen LogP contribution < -0.4 is 4.90 Å². The summed E-state index contributed by atoms with van der Waals surface area (Å²) in [5.41, 5.74) is 5.18. The molecule has 1 atom stereocenters. The lowest BCUT2D eigenvalue weighted by molar-refractivity contribution is -0.121. The molecule has 0 bridgehead atoms.